The molecule has 2 unspecified atom stereocenters. The van der Waals surface area contributed by atoms with Crippen LogP contribution in [0.15, 0.2) is 30.3 Å². The SMILES string of the molecule is CC(C)C(C)(O)CNC(=O)NC1CCCN(Cc2ccccc2)C1. The van der Waals surface area contributed by atoms with Gasteiger partial charge < -0.3 is 15.7 Å². The van der Waals surface area contributed by atoms with Gasteiger partial charge in [0.25, 0.3) is 0 Å². The van der Waals surface area contributed by atoms with Gasteiger partial charge in [-0.05, 0) is 37.8 Å². The first-order chi connectivity index (χ1) is 11.4. The Hall–Kier alpha value is -1.59. The molecule has 1 fully saturated rings. The number of benzene rings is 1. The molecule has 1 aliphatic rings. The Morgan fingerprint density at radius 2 is 2.08 bits per heavy atom. The van der Waals surface area contributed by atoms with E-state index in [0.29, 0.717) is 0 Å². The van der Waals surface area contributed by atoms with E-state index in [0.717, 1.165) is 32.5 Å². The second-order valence-electron chi connectivity index (χ2n) is 7.40. The molecule has 24 heavy (non-hydrogen) atoms. The summed E-state index contributed by atoms with van der Waals surface area (Å²) in [4.78, 5) is 14.5. The number of piperidine rings is 1. The zero-order chi connectivity index (χ0) is 17.6. The van der Waals surface area contributed by atoms with Crippen LogP contribution in [0.25, 0.3) is 0 Å². The van der Waals surface area contributed by atoms with Gasteiger partial charge in [-0.1, -0.05) is 44.2 Å². The lowest BCUT2D eigenvalue weighted by Crippen LogP contribution is -2.53. The molecule has 1 heterocycles. The molecule has 5 nitrogen and oxygen atoms in total. The third-order valence-electron chi connectivity index (χ3n) is 4.94. The van der Waals surface area contributed by atoms with Crippen LogP contribution in [0.3, 0.4) is 0 Å². The second-order valence-corrected chi connectivity index (χ2v) is 7.40. The highest BCUT2D eigenvalue weighted by atomic mass is 16.3. The Kier molecular flexibility index (Phi) is 6.63. The molecule has 5 heteroatoms. The van der Waals surface area contributed by atoms with Crippen molar-refractivity contribution in [1.82, 2.24) is 15.5 Å². The highest BCUT2D eigenvalue weighted by molar-refractivity contribution is 5.74. The predicted octanol–water partition coefficient (Wildman–Crippen LogP) is 2.36. The van der Waals surface area contributed by atoms with Gasteiger partial charge in [-0.3, -0.25) is 4.90 Å². The maximum Gasteiger partial charge on any atom is 0.315 e. The van der Waals surface area contributed by atoms with Crippen LogP contribution in [0.4, 0.5) is 4.79 Å². The van der Waals surface area contributed by atoms with Crippen LogP contribution in [0, 0.1) is 5.92 Å². The van der Waals surface area contributed by atoms with Crippen molar-refractivity contribution in [3.05, 3.63) is 35.9 Å². The van der Waals surface area contributed by atoms with E-state index < -0.39 is 5.60 Å². The van der Waals surface area contributed by atoms with Crippen molar-refractivity contribution in [2.45, 2.75) is 51.8 Å². The molecule has 1 aromatic rings. The van der Waals surface area contributed by atoms with Crippen molar-refractivity contribution in [2.75, 3.05) is 19.6 Å². The minimum Gasteiger partial charge on any atom is -0.388 e. The van der Waals surface area contributed by atoms with Crippen molar-refractivity contribution in [2.24, 2.45) is 5.92 Å². The zero-order valence-corrected chi connectivity index (χ0v) is 15.1. The monoisotopic (exact) mass is 333 g/mol. The van der Waals surface area contributed by atoms with Crippen molar-refractivity contribution in [1.29, 1.82) is 0 Å². The minimum absolute atomic E-state index is 0.0915. The van der Waals surface area contributed by atoms with Gasteiger partial charge in [0.2, 0.25) is 0 Å². The van der Waals surface area contributed by atoms with Crippen molar-refractivity contribution in [3.8, 4) is 0 Å². The molecular formula is C19H31N3O2. The number of carbonyl (C=O) groups is 1. The molecule has 134 valence electrons. The molecule has 1 aliphatic heterocycles. The van der Waals surface area contributed by atoms with E-state index in [4.69, 9.17) is 0 Å². The molecule has 0 aromatic heterocycles. The Morgan fingerprint density at radius 3 is 2.75 bits per heavy atom. The number of urea groups is 1. The van der Waals surface area contributed by atoms with Gasteiger partial charge in [0, 0.05) is 25.7 Å². The Bertz CT molecular complexity index is 517. The van der Waals surface area contributed by atoms with Crippen LogP contribution < -0.4 is 10.6 Å². The van der Waals surface area contributed by atoms with E-state index in [1.54, 1.807) is 6.92 Å². The molecule has 3 N–H and O–H groups in total. The average Bonchev–Trinajstić information content (AvgIpc) is 2.54. The molecule has 2 amide bonds. The lowest BCUT2D eigenvalue weighted by Gasteiger charge is -2.33. The number of amides is 2. The minimum atomic E-state index is -0.886. The third kappa shape index (κ3) is 5.80. The van der Waals surface area contributed by atoms with E-state index in [-0.39, 0.29) is 24.5 Å². The standard InChI is InChI=1S/C19H31N3O2/c1-15(2)19(3,24)14-20-18(23)21-17-10-7-11-22(13-17)12-16-8-5-4-6-9-16/h4-6,8-9,15,17,24H,7,10-14H2,1-3H3,(H2,20,21,23). The topological polar surface area (TPSA) is 64.6 Å². The van der Waals surface area contributed by atoms with Gasteiger partial charge in [-0.2, -0.15) is 0 Å². The van der Waals surface area contributed by atoms with Crippen LogP contribution in [0.2, 0.25) is 0 Å². The number of hydrogen-bond donors (Lipinski definition) is 3. The summed E-state index contributed by atoms with van der Waals surface area (Å²) in [6.45, 7) is 8.75. The van der Waals surface area contributed by atoms with Gasteiger partial charge in [-0.25, -0.2) is 4.79 Å². The lowest BCUT2D eigenvalue weighted by atomic mass is 9.93. The fourth-order valence-corrected chi connectivity index (χ4v) is 2.86. The second kappa shape index (κ2) is 8.49. The summed E-state index contributed by atoms with van der Waals surface area (Å²) in [5, 5.41) is 16.0. The van der Waals surface area contributed by atoms with E-state index >= 15 is 0 Å². The summed E-state index contributed by atoms with van der Waals surface area (Å²) in [5.41, 5.74) is 0.416. The molecule has 0 bridgehead atoms. The van der Waals surface area contributed by atoms with E-state index in [9.17, 15) is 9.90 Å². The predicted molar refractivity (Wildman–Crippen MR) is 96.7 cm³/mol. The summed E-state index contributed by atoms with van der Waals surface area (Å²) >= 11 is 0. The number of aliphatic hydroxyl groups is 1. The smallest absolute Gasteiger partial charge is 0.315 e. The summed E-state index contributed by atoms with van der Waals surface area (Å²) in [5.74, 6) is 0.0915. The molecule has 2 atom stereocenters. The van der Waals surface area contributed by atoms with Gasteiger partial charge >= 0.3 is 6.03 Å². The van der Waals surface area contributed by atoms with Gasteiger partial charge in [-0.15, -0.1) is 0 Å². The normalized spacial score (nSPS) is 21.3. The molecule has 2 rings (SSSR count). The van der Waals surface area contributed by atoms with Crippen molar-refractivity contribution < 1.29 is 9.90 Å². The van der Waals surface area contributed by atoms with E-state index in [1.807, 2.05) is 19.9 Å². The molecule has 1 aromatic carbocycles. The molecular weight excluding hydrogens is 302 g/mol. The molecule has 1 saturated heterocycles. The van der Waals surface area contributed by atoms with Gasteiger partial charge in [0.15, 0.2) is 0 Å². The number of carbonyl (C=O) groups excluding carboxylic acids is 1. The first kappa shape index (κ1) is 18.7. The average molecular weight is 333 g/mol. The van der Waals surface area contributed by atoms with Gasteiger partial charge in [0.1, 0.15) is 0 Å². The quantitative estimate of drug-likeness (QED) is 0.749. The molecule has 0 saturated carbocycles. The number of likely N-dealkylation sites (tertiary alicyclic amines) is 1. The lowest BCUT2D eigenvalue weighted by molar-refractivity contribution is 0.0164. The summed E-state index contributed by atoms with van der Waals surface area (Å²) in [6.07, 6.45) is 2.08. The maximum absolute atomic E-state index is 12.1. The van der Waals surface area contributed by atoms with Crippen LogP contribution >= 0.6 is 0 Å². The van der Waals surface area contributed by atoms with Crippen LogP contribution in [-0.2, 0) is 6.54 Å². The Labute approximate surface area is 145 Å². The van der Waals surface area contributed by atoms with Crippen LogP contribution in [0.5, 0.6) is 0 Å². The van der Waals surface area contributed by atoms with Crippen LogP contribution in [0.1, 0.15) is 39.2 Å². The number of rotatable bonds is 6. The van der Waals surface area contributed by atoms with Crippen LogP contribution in [-0.4, -0.2) is 47.3 Å². The Morgan fingerprint density at radius 1 is 1.38 bits per heavy atom. The summed E-state index contributed by atoms with van der Waals surface area (Å²) < 4.78 is 0. The molecule has 0 aliphatic carbocycles. The van der Waals surface area contributed by atoms with Crippen molar-refractivity contribution in [3.63, 3.8) is 0 Å². The fourth-order valence-electron chi connectivity index (χ4n) is 2.86. The van der Waals surface area contributed by atoms with Crippen molar-refractivity contribution >= 4 is 6.03 Å². The highest BCUT2D eigenvalue weighted by Gasteiger charge is 2.26. The van der Waals surface area contributed by atoms with E-state index in [2.05, 4.69) is 39.8 Å². The summed E-state index contributed by atoms with van der Waals surface area (Å²) in [6, 6.07) is 10.4. The number of nitrogens with zero attached hydrogens (tertiary/aromatic N) is 1. The molecule has 0 spiro atoms. The highest BCUT2D eigenvalue weighted by Crippen LogP contribution is 2.15. The Balaban J connectivity index is 1.77. The maximum atomic E-state index is 12.1. The first-order valence-electron chi connectivity index (χ1n) is 8.90. The largest absolute Gasteiger partial charge is 0.388 e. The van der Waals surface area contributed by atoms with E-state index in [1.165, 1.54) is 5.56 Å². The molecule has 0 radical (unpaired) electrons. The fraction of sp³-hybridized carbons (Fsp3) is 0.632. The third-order valence-corrected chi connectivity index (χ3v) is 4.94. The summed E-state index contributed by atoms with van der Waals surface area (Å²) in [7, 11) is 0. The van der Waals surface area contributed by atoms with Gasteiger partial charge in [0.05, 0.1) is 5.60 Å². The zero-order valence-electron chi connectivity index (χ0n) is 15.1. The number of nitrogens with one attached hydrogen (secondary N) is 2. The number of hydrogen-bond acceptors (Lipinski definition) is 3. The first-order valence-corrected chi connectivity index (χ1v) is 8.90.